The lowest BCUT2D eigenvalue weighted by atomic mass is 9.61. The van der Waals surface area contributed by atoms with Gasteiger partial charge in [0.15, 0.2) is 11.4 Å². The number of carboxylic acid groups (broad SMARTS) is 1. The van der Waals surface area contributed by atoms with Crippen LogP contribution in [-0.2, 0) is 0 Å². The second-order valence-electron chi connectivity index (χ2n) is 7.04. The zero-order valence-corrected chi connectivity index (χ0v) is 14.1. The highest BCUT2D eigenvalue weighted by molar-refractivity contribution is 5.96. The molecule has 2 aliphatic rings. The molecule has 0 bridgehead atoms. The van der Waals surface area contributed by atoms with Crippen molar-refractivity contribution in [1.29, 1.82) is 0 Å². The molecule has 1 aliphatic heterocycles. The summed E-state index contributed by atoms with van der Waals surface area (Å²) < 4.78 is 41.4. The fourth-order valence-corrected chi connectivity index (χ4v) is 4.03. The maximum absolute atomic E-state index is 13.4. The van der Waals surface area contributed by atoms with Gasteiger partial charge in [-0.1, -0.05) is 18.2 Å². The monoisotopic (exact) mass is 379 g/mol. The van der Waals surface area contributed by atoms with Crippen LogP contribution < -0.4 is 0 Å². The predicted octanol–water partition coefficient (Wildman–Crippen LogP) is 2.99. The molecular formula is C18H16F3N3O3. The van der Waals surface area contributed by atoms with Gasteiger partial charge in [0.2, 0.25) is 0 Å². The van der Waals surface area contributed by atoms with Crippen molar-refractivity contribution in [1.82, 2.24) is 14.7 Å². The Labute approximate surface area is 152 Å². The third-order valence-corrected chi connectivity index (χ3v) is 5.63. The van der Waals surface area contributed by atoms with Gasteiger partial charge in [-0.3, -0.25) is 4.79 Å². The molecule has 27 heavy (non-hydrogen) atoms. The van der Waals surface area contributed by atoms with Gasteiger partial charge >= 0.3 is 12.1 Å². The Morgan fingerprint density at radius 1 is 1.22 bits per heavy atom. The van der Waals surface area contributed by atoms with Gasteiger partial charge in [0, 0.05) is 19.2 Å². The van der Waals surface area contributed by atoms with Gasteiger partial charge in [-0.15, -0.1) is 0 Å². The van der Waals surface area contributed by atoms with Gasteiger partial charge in [-0.05, 0) is 30.9 Å². The molecule has 1 saturated carbocycles. The molecule has 2 heterocycles. The maximum atomic E-state index is 13.4. The summed E-state index contributed by atoms with van der Waals surface area (Å²) in [5.74, 6) is -2.56. The number of likely N-dealkylation sites (tertiary alicyclic amines) is 1. The lowest BCUT2D eigenvalue weighted by molar-refractivity contribution is -0.259. The maximum Gasteiger partial charge on any atom is 0.396 e. The average molecular weight is 379 g/mol. The number of carboxylic acids is 1. The Kier molecular flexibility index (Phi) is 3.79. The van der Waals surface area contributed by atoms with E-state index in [1.165, 1.54) is 0 Å². The van der Waals surface area contributed by atoms with Crippen LogP contribution in [0.5, 0.6) is 0 Å². The molecule has 1 aromatic carbocycles. The number of carbonyl (C=O) groups excluding carboxylic acids is 1. The summed E-state index contributed by atoms with van der Waals surface area (Å²) in [6.45, 7) is -0.389. The summed E-state index contributed by atoms with van der Waals surface area (Å²) in [4.78, 5) is 25.4. The minimum absolute atomic E-state index is 0.0128. The molecular weight excluding hydrogens is 363 g/mol. The molecule has 1 aliphatic carbocycles. The first kappa shape index (κ1) is 17.6. The van der Waals surface area contributed by atoms with Crippen LogP contribution in [0.15, 0.2) is 36.4 Å². The largest absolute Gasteiger partial charge is 0.477 e. The van der Waals surface area contributed by atoms with E-state index < -0.39 is 35.9 Å². The van der Waals surface area contributed by atoms with Crippen LogP contribution in [0.1, 0.15) is 33.8 Å². The van der Waals surface area contributed by atoms with Crippen LogP contribution in [-0.4, -0.2) is 50.9 Å². The molecule has 0 spiro atoms. The normalized spacial score (nSPS) is 24.4. The molecule has 6 nitrogen and oxygen atoms in total. The van der Waals surface area contributed by atoms with E-state index in [1.807, 2.05) is 0 Å². The molecule has 2 atom stereocenters. The van der Waals surface area contributed by atoms with Crippen LogP contribution in [0.25, 0.3) is 5.69 Å². The number of benzene rings is 1. The van der Waals surface area contributed by atoms with Crippen molar-refractivity contribution in [2.75, 3.05) is 13.1 Å². The summed E-state index contributed by atoms with van der Waals surface area (Å²) in [6, 6.07) is 9.49. The lowest BCUT2D eigenvalue weighted by Crippen LogP contribution is -2.51. The van der Waals surface area contributed by atoms with E-state index in [0.717, 1.165) is 15.6 Å². The number of aromatic nitrogens is 2. The van der Waals surface area contributed by atoms with Crippen LogP contribution in [0, 0.1) is 11.3 Å². The third-order valence-electron chi connectivity index (χ3n) is 5.63. The van der Waals surface area contributed by atoms with Crippen molar-refractivity contribution in [2.45, 2.75) is 19.0 Å². The summed E-state index contributed by atoms with van der Waals surface area (Å²) in [5.41, 5.74) is -1.78. The van der Waals surface area contributed by atoms with Crippen molar-refractivity contribution in [3.63, 3.8) is 0 Å². The number of hydrogen-bond donors (Lipinski definition) is 1. The van der Waals surface area contributed by atoms with Crippen molar-refractivity contribution < 1.29 is 27.9 Å². The first-order valence-corrected chi connectivity index (χ1v) is 8.48. The molecule has 2 fully saturated rings. The number of alkyl halides is 3. The molecule has 1 aromatic heterocycles. The van der Waals surface area contributed by atoms with Gasteiger partial charge in [0.25, 0.3) is 5.91 Å². The van der Waals surface area contributed by atoms with Crippen LogP contribution in [0.4, 0.5) is 13.2 Å². The summed E-state index contributed by atoms with van der Waals surface area (Å²) in [7, 11) is 0. The first-order valence-electron chi connectivity index (χ1n) is 8.48. The Bertz CT molecular complexity index is 910. The van der Waals surface area contributed by atoms with E-state index in [-0.39, 0.29) is 24.4 Å². The fraction of sp³-hybridized carbons (Fsp3) is 0.389. The molecule has 2 unspecified atom stereocenters. The molecule has 142 valence electrons. The van der Waals surface area contributed by atoms with Crippen LogP contribution in [0.2, 0.25) is 0 Å². The van der Waals surface area contributed by atoms with E-state index in [9.17, 15) is 27.9 Å². The van der Waals surface area contributed by atoms with Gasteiger partial charge in [-0.25, -0.2) is 9.48 Å². The fourth-order valence-electron chi connectivity index (χ4n) is 4.03. The Hall–Kier alpha value is -2.84. The predicted molar refractivity (Wildman–Crippen MR) is 87.6 cm³/mol. The number of amides is 1. The number of para-hydroxylation sites is 1. The van der Waals surface area contributed by atoms with E-state index in [0.29, 0.717) is 12.1 Å². The number of halogens is 3. The van der Waals surface area contributed by atoms with E-state index in [1.54, 1.807) is 30.3 Å². The summed E-state index contributed by atoms with van der Waals surface area (Å²) in [6.07, 6.45) is -3.91. The second-order valence-corrected chi connectivity index (χ2v) is 7.04. The molecule has 1 saturated heterocycles. The summed E-state index contributed by atoms with van der Waals surface area (Å²) >= 11 is 0. The standard InChI is InChI=1S/C18H16F3N3O3/c19-18(20,21)17-7-6-11(17)9-23(10-17)15(25)13-8-14(16(26)27)24(22-13)12-4-2-1-3-5-12/h1-5,8,11H,6-7,9-10H2,(H,26,27). The molecule has 1 amide bonds. The van der Waals surface area contributed by atoms with E-state index in [4.69, 9.17) is 0 Å². The number of carbonyl (C=O) groups is 2. The zero-order valence-electron chi connectivity index (χ0n) is 14.1. The van der Waals surface area contributed by atoms with Crippen molar-refractivity contribution in [3.8, 4) is 5.69 Å². The lowest BCUT2D eigenvalue weighted by Gasteiger charge is -2.44. The summed E-state index contributed by atoms with van der Waals surface area (Å²) in [5, 5.41) is 13.5. The average Bonchev–Trinajstić information content (AvgIpc) is 3.15. The Morgan fingerprint density at radius 3 is 2.44 bits per heavy atom. The smallest absolute Gasteiger partial charge is 0.396 e. The molecule has 9 heteroatoms. The Morgan fingerprint density at radius 2 is 1.93 bits per heavy atom. The minimum Gasteiger partial charge on any atom is -0.477 e. The number of rotatable bonds is 3. The van der Waals surface area contributed by atoms with Crippen molar-refractivity contribution in [3.05, 3.63) is 47.8 Å². The highest BCUT2D eigenvalue weighted by Gasteiger charge is 2.68. The highest BCUT2D eigenvalue weighted by Crippen LogP contribution is 2.60. The number of aromatic carboxylic acids is 1. The number of nitrogens with zero attached hydrogens (tertiary/aromatic N) is 3. The van der Waals surface area contributed by atoms with Gasteiger partial charge in [-0.2, -0.15) is 18.3 Å². The number of fused-ring (bicyclic) bond motifs is 1. The van der Waals surface area contributed by atoms with E-state index in [2.05, 4.69) is 5.10 Å². The topological polar surface area (TPSA) is 75.4 Å². The molecule has 1 N–H and O–H groups in total. The quantitative estimate of drug-likeness (QED) is 0.890. The molecule has 0 radical (unpaired) electrons. The van der Waals surface area contributed by atoms with Gasteiger partial charge < -0.3 is 10.0 Å². The highest BCUT2D eigenvalue weighted by atomic mass is 19.4. The molecule has 4 rings (SSSR count). The SMILES string of the molecule is O=C(O)c1cc(C(=O)N2CC3CCC3(C(F)(F)F)C2)nn1-c1ccccc1. The van der Waals surface area contributed by atoms with Gasteiger partial charge in [0.1, 0.15) is 0 Å². The Balaban J connectivity index is 1.65. The molecule has 2 aromatic rings. The van der Waals surface area contributed by atoms with Crippen molar-refractivity contribution >= 4 is 11.9 Å². The number of hydrogen-bond acceptors (Lipinski definition) is 3. The first-order chi connectivity index (χ1) is 12.7. The second kappa shape index (κ2) is 5.83. The zero-order chi connectivity index (χ0) is 19.4. The van der Waals surface area contributed by atoms with Crippen LogP contribution >= 0.6 is 0 Å². The van der Waals surface area contributed by atoms with Crippen molar-refractivity contribution in [2.24, 2.45) is 11.3 Å². The third kappa shape index (κ3) is 2.60. The van der Waals surface area contributed by atoms with Crippen LogP contribution in [0.3, 0.4) is 0 Å². The van der Waals surface area contributed by atoms with E-state index >= 15 is 0 Å². The van der Waals surface area contributed by atoms with Gasteiger partial charge in [0.05, 0.1) is 11.1 Å². The minimum atomic E-state index is -4.36.